The van der Waals surface area contributed by atoms with E-state index in [2.05, 4.69) is 19.7 Å². The van der Waals surface area contributed by atoms with Gasteiger partial charge in [0.15, 0.2) is 11.5 Å². The molecular weight excluding hydrogens is 236 g/mol. The standard InChI is InChI=1S/C17H20O2/c1-6-9-13(8-3)16-12(5)14(11(4)7-2)10-15(18)17(16)19/h6-7,9-10,18-19H,1-2,4,8H2,3,5H3. The van der Waals surface area contributed by atoms with E-state index in [0.717, 1.165) is 23.1 Å². The quantitative estimate of drug-likeness (QED) is 0.597. The molecule has 0 amide bonds. The predicted molar refractivity (Wildman–Crippen MR) is 82.2 cm³/mol. The van der Waals surface area contributed by atoms with E-state index in [1.165, 1.54) is 6.07 Å². The van der Waals surface area contributed by atoms with Crippen LogP contribution in [-0.2, 0) is 0 Å². The lowest BCUT2D eigenvalue weighted by Gasteiger charge is -2.16. The summed E-state index contributed by atoms with van der Waals surface area (Å²) in [5, 5.41) is 20.0. The second-order valence-electron chi connectivity index (χ2n) is 4.30. The largest absolute Gasteiger partial charge is 0.504 e. The molecule has 1 aromatic rings. The summed E-state index contributed by atoms with van der Waals surface area (Å²) in [7, 11) is 0. The first-order chi connectivity index (χ1) is 8.97. The van der Waals surface area contributed by atoms with E-state index in [4.69, 9.17) is 0 Å². The molecule has 0 aliphatic rings. The van der Waals surface area contributed by atoms with Crippen LogP contribution in [0.25, 0.3) is 11.1 Å². The number of phenolic OH excluding ortho intramolecular Hbond substituents is 2. The van der Waals surface area contributed by atoms with Crippen LogP contribution >= 0.6 is 0 Å². The third-order valence-corrected chi connectivity index (χ3v) is 3.15. The Hall–Kier alpha value is -2.22. The maximum absolute atomic E-state index is 10.1. The van der Waals surface area contributed by atoms with Gasteiger partial charge in [0, 0.05) is 5.56 Å². The van der Waals surface area contributed by atoms with E-state index < -0.39 is 0 Å². The third-order valence-electron chi connectivity index (χ3n) is 3.15. The number of aromatic hydroxyl groups is 2. The van der Waals surface area contributed by atoms with Crippen molar-refractivity contribution in [2.24, 2.45) is 0 Å². The summed E-state index contributed by atoms with van der Waals surface area (Å²) in [6, 6.07) is 1.51. The van der Waals surface area contributed by atoms with Gasteiger partial charge in [-0.3, -0.25) is 0 Å². The highest BCUT2D eigenvalue weighted by atomic mass is 16.3. The SMILES string of the molecule is C=CC=C(CC)c1c(C)c(C(=C)C=C)cc(O)c1O. The van der Waals surface area contributed by atoms with E-state index in [9.17, 15) is 10.2 Å². The van der Waals surface area contributed by atoms with Crippen molar-refractivity contribution in [1.29, 1.82) is 0 Å². The highest BCUT2D eigenvalue weighted by Crippen LogP contribution is 2.41. The molecule has 2 N–H and O–H groups in total. The average Bonchev–Trinajstić information content (AvgIpc) is 2.41. The first kappa shape index (κ1) is 14.8. The Morgan fingerprint density at radius 3 is 2.42 bits per heavy atom. The number of hydrogen-bond acceptors (Lipinski definition) is 2. The minimum atomic E-state index is -0.151. The second kappa shape index (κ2) is 6.10. The van der Waals surface area contributed by atoms with Crippen LogP contribution < -0.4 is 0 Å². The fourth-order valence-electron chi connectivity index (χ4n) is 2.11. The van der Waals surface area contributed by atoms with Crippen LogP contribution in [0, 0.1) is 6.92 Å². The van der Waals surface area contributed by atoms with Gasteiger partial charge in [0.2, 0.25) is 0 Å². The first-order valence-electron chi connectivity index (χ1n) is 6.17. The molecule has 2 nitrogen and oxygen atoms in total. The summed E-state index contributed by atoms with van der Waals surface area (Å²) in [6.45, 7) is 15.1. The van der Waals surface area contributed by atoms with E-state index in [-0.39, 0.29) is 11.5 Å². The van der Waals surface area contributed by atoms with Gasteiger partial charge in [-0.2, -0.15) is 0 Å². The van der Waals surface area contributed by atoms with Gasteiger partial charge in [-0.05, 0) is 41.7 Å². The number of phenols is 2. The van der Waals surface area contributed by atoms with Gasteiger partial charge in [0.1, 0.15) is 0 Å². The van der Waals surface area contributed by atoms with Gasteiger partial charge in [-0.15, -0.1) is 0 Å². The number of benzene rings is 1. The van der Waals surface area contributed by atoms with Crippen LogP contribution in [-0.4, -0.2) is 10.2 Å². The molecule has 19 heavy (non-hydrogen) atoms. The zero-order valence-electron chi connectivity index (χ0n) is 11.5. The molecule has 0 saturated heterocycles. The number of allylic oxidation sites excluding steroid dienone is 5. The number of hydrogen-bond donors (Lipinski definition) is 2. The normalized spacial score (nSPS) is 11.2. The summed E-state index contributed by atoms with van der Waals surface area (Å²) in [5.74, 6) is -0.255. The van der Waals surface area contributed by atoms with Crippen molar-refractivity contribution >= 4 is 11.1 Å². The van der Waals surface area contributed by atoms with Crippen LogP contribution in [0.1, 0.15) is 30.0 Å². The Bertz CT molecular complexity index is 563. The highest BCUT2D eigenvalue weighted by Gasteiger charge is 2.17. The van der Waals surface area contributed by atoms with Crippen molar-refractivity contribution in [3.8, 4) is 11.5 Å². The molecule has 0 aliphatic carbocycles. The summed E-state index contributed by atoms with van der Waals surface area (Å²) in [6.07, 6.45) is 5.86. The molecule has 0 saturated carbocycles. The molecule has 1 aromatic carbocycles. The van der Waals surface area contributed by atoms with Crippen molar-refractivity contribution in [2.45, 2.75) is 20.3 Å². The van der Waals surface area contributed by atoms with Crippen molar-refractivity contribution in [1.82, 2.24) is 0 Å². The van der Waals surface area contributed by atoms with Crippen LogP contribution in [0.4, 0.5) is 0 Å². The molecule has 0 spiro atoms. The first-order valence-corrected chi connectivity index (χ1v) is 6.17. The van der Waals surface area contributed by atoms with Gasteiger partial charge in [0.25, 0.3) is 0 Å². The summed E-state index contributed by atoms with van der Waals surface area (Å²) >= 11 is 0. The van der Waals surface area contributed by atoms with Crippen LogP contribution in [0.15, 0.2) is 44.0 Å². The van der Waals surface area contributed by atoms with Crippen molar-refractivity contribution in [3.05, 3.63) is 60.7 Å². The van der Waals surface area contributed by atoms with Crippen LogP contribution in [0.3, 0.4) is 0 Å². The van der Waals surface area contributed by atoms with Crippen molar-refractivity contribution in [3.63, 3.8) is 0 Å². The fourth-order valence-corrected chi connectivity index (χ4v) is 2.11. The summed E-state index contributed by atoms with van der Waals surface area (Å²) in [5.41, 5.74) is 3.92. The molecule has 0 aliphatic heterocycles. The summed E-state index contributed by atoms with van der Waals surface area (Å²) in [4.78, 5) is 0. The monoisotopic (exact) mass is 256 g/mol. The molecule has 0 radical (unpaired) electrons. The molecular formula is C17H20O2. The highest BCUT2D eigenvalue weighted by molar-refractivity contribution is 5.84. The second-order valence-corrected chi connectivity index (χ2v) is 4.30. The van der Waals surface area contributed by atoms with E-state index in [1.54, 1.807) is 12.2 Å². The Morgan fingerprint density at radius 1 is 1.32 bits per heavy atom. The lowest BCUT2D eigenvalue weighted by molar-refractivity contribution is 0.402. The smallest absolute Gasteiger partial charge is 0.165 e. The van der Waals surface area contributed by atoms with E-state index >= 15 is 0 Å². The van der Waals surface area contributed by atoms with Crippen LogP contribution in [0.5, 0.6) is 11.5 Å². The Kier molecular flexibility index (Phi) is 4.76. The maximum Gasteiger partial charge on any atom is 0.165 e. The summed E-state index contributed by atoms with van der Waals surface area (Å²) < 4.78 is 0. The molecule has 0 heterocycles. The lowest BCUT2D eigenvalue weighted by Crippen LogP contribution is -1.95. The van der Waals surface area contributed by atoms with Gasteiger partial charge >= 0.3 is 0 Å². The third kappa shape index (κ3) is 2.79. The Morgan fingerprint density at radius 2 is 1.95 bits per heavy atom. The zero-order chi connectivity index (χ0) is 14.6. The molecule has 0 atom stereocenters. The van der Waals surface area contributed by atoms with Crippen LogP contribution in [0.2, 0.25) is 0 Å². The minimum absolute atomic E-state index is 0.104. The lowest BCUT2D eigenvalue weighted by atomic mass is 9.90. The molecule has 0 bridgehead atoms. The van der Waals surface area contributed by atoms with Gasteiger partial charge in [0.05, 0.1) is 0 Å². The molecule has 2 heteroatoms. The van der Waals surface area contributed by atoms with E-state index in [1.807, 2.05) is 19.9 Å². The van der Waals surface area contributed by atoms with Gasteiger partial charge in [-0.1, -0.05) is 44.9 Å². The molecule has 0 fully saturated rings. The predicted octanol–water partition coefficient (Wildman–Crippen LogP) is 4.58. The average molecular weight is 256 g/mol. The Labute approximate surface area is 114 Å². The van der Waals surface area contributed by atoms with Gasteiger partial charge < -0.3 is 10.2 Å². The van der Waals surface area contributed by atoms with Crippen molar-refractivity contribution in [2.75, 3.05) is 0 Å². The number of rotatable bonds is 5. The molecule has 1 rings (SSSR count). The molecule has 100 valence electrons. The molecule has 0 unspecified atom stereocenters. The fraction of sp³-hybridized carbons (Fsp3) is 0.176. The van der Waals surface area contributed by atoms with Gasteiger partial charge in [-0.25, -0.2) is 0 Å². The van der Waals surface area contributed by atoms with E-state index in [0.29, 0.717) is 11.1 Å². The molecule has 0 aromatic heterocycles. The topological polar surface area (TPSA) is 40.5 Å². The maximum atomic E-state index is 10.1. The minimum Gasteiger partial charge on any atom is -0.504 e. The van der Waals surface area contributed by atoms with Crippen molar-refractivity contribution < 1.29 is 10.2 Å². The Balaban J connectivity index is 3.67. The zero-order valence-corrected chi connectivity index (χ0v) is 11.5.